The van der Waals surface area contributed by atoms with Gasteiger partial charge in [0.05, 0.1) is 12.5 Å². The molecule has 1 fully saturated rings. The van der Waals surface area contributed by atoms with Crippen molar-refractivity contribution in [1.29, 1.82) is 0 Å². The van der Waals surface area contributed by atoms with E-state index < -0.39 is 5.41 Å². The second-order valence-corrected chi connectivity index (χ2v) is 5.94. The number of hydrogen-bond acceptors (Lipinski definition) is 4. The van der Waals surface area contributed by atoms with Crippen molar-refractivity contribution < 1.29 is 14.6 Å². The van der Waals surface area contributed by atoms with E-state index in [2.05, 4.69) is 4.90 Å². The molecule has 0 aliphatic carbocycles. The SMILES string of the molecule is COc1cc(Cl)cc(CN2CCC(C)(C(N)=O)C2)c1O. The maximum atomic E-state index is 11.4. The second kappa shape index (κ2) is 5.50. The van der Waals surface area contributed by atoms with E-state index >= 15 is 0 Å². The lowest BCUT2D eigenvalue weighted by atomic mass is 9.89. The molecule has 1 aromatic carbocycles. The van der Waals surface area contributed by atoms with Crippen LogP contribution in [0.3, 0.4) is 0 Å². The fraction of sp³-hybridized carbons (Fsp3) is 0.500. The van der Waals surface area contributed by atoms with E-state index in [1.807, 2.05) is 6.92 Å². The van der Waals surface area contributed by atoms with Gasteiger partial charge in [0.1, 0.15) is 0 Å². The maximum Gasteiger partial charge on any atom is 0.224 e. The highest BCUT2D eigenvalue weighted by Gasteiger charge is 2.38. The van der Waals surface area contributed by atoms with Crippen LogP contribution in [0.25, 0.3) is 0 Å². The lowest BCUT2D eigenvalue weighted by molar-refractivity contribution is -0.126. The predicted octanol–water partition coefficient (Wildman–Crippen LogP) is 1.75. The number of benzene rings is 1. The molecule has 1 heterocycles. The molecular formula is C14H19ClN2O3. The second-order valence-electron chi connectivity index (χ2n) is 5.50. The highest BCUT2D eigenvalue weighted by molar-refractivity contribution is 6.30. The molecule has 1 saturated heterocycles. The van der Waals surface area contributed by atoms with E-state index in [0.717, 1.165) is 13.0 Å². The first kappa shape index (κ1) is 14.9. The molecule has 1 aliphatic heterocycles. The molecule has 0 spiro atoms. The predicted molar refractivity (Wildman–Crippen MR) is 76.9 cm³/mol. The van der Waals surface area contributed by atoms with Crippen molar-refractivity contribution in [2.45, 2.75) is 19.9 Å². The largest absolute Gasteiger partial charge is 0.504 e. The Morgan fingerprint density at radius 1 is 1.60 bits per heavy atom. The third kappa shape index (κ3) is 2.83. The number of hydrogen-bond donors (Lipinski definition) is 2. The van der Waals surface area contributed by atoms with Crippen LogP contribution >= 0.6 is 11.6 Å². The van der Waals surface area contributed by atoms with Gasteiger partial charge in [0.15, 0.2) is 11.5 Å². The first-order valence-corrected chi connectivity index (χ1v) is 6.81. The van der Waals surface area contributed by atoms with Crippen LogP contribution in [-0.4, -0.2) is 36.1 Å². The number of likely N-dealkylation sites (tertiary alicyclic amines) is 1. The Labute approximate surface area is 123 Å². The van der Waals surface area contributed by atoms with Crippen molar-refractivity contribution in [3.8, 4) is 11.5 Å². The van der Waals surface area contributed by atoms with Crippen molar-refractivity contribution in [2.75, 3.05) is 20.2 Å². The van der Waals surface area contributed by atoms with Gasteiger partial charge in [0.2, 0.25) is 5.91 Å². The molecule has 1 unspecified atom stereocenters. The number of aromatic hydroxyl groups is 1. The average molecular weight is 299 g/mol. The van der Waals surface area contributed by atoms with Gasteiger partial charge in [-0.15, -0.1) is 0 Å². The molecule has 5 nitrogen and oxygen atoms in total. The number of ether oxygens (including phenoxy) is 1. The Morgan fingerprint density at radius 3 is 2.85 bits per heavy atom. The van der Waals surface area contributed by atoms with Gasteiger partial charge in [-0.3, -0.25) is 9.69 Å². The number of phenols is 1. The van der Waals surface area contributed by atoms with E-state index in [9.17, 15) is 9.90 Å². The summed E-state index contributed by atoms with van der Waals surface area (Å²) >= 11 is 6.01. The van der Waals surface area contributed by atoms with E-state index in [0.29, 0.717) is 29.4 Å². The summed E-state index contributed by atoms with van der Waals surface area (Å²) in [4.78, 5) is 13.5. The maximum absolute atomic E-state index is 11.4. The summed E-state index contributed by atoms with van der Waals surface area (Å²) in [6.07, 6.45) is 0.723. The van der Waals surface area contributed by atoms with Crippen LogP contribution in [0.5, 0.6) is 11.5 Å². The first-order valence-electron chi connectivity index (χ1n) is 6.43. The number of nitrogens with zero attached hydrogens (tertiary/aromatic N) is 1. The van der Waals surface area contributed by atoms with E-state index in [1.54, 1.807) is 12.1 Å². The lowest BCUT2D eigenvalue weighted by Crippen LogP contribution is -2.36. The van der Waals surface area contributed by atoms with Gasteiger partial charge in [-0.25, -0.2) is 0 Å². The molecular weight excluding hydrogens is 280 g/mol. The number of methoxy groups -OCH3 is 1. The Hall–Kier alpha value is -1.46. The number of amides is 1. The van der Waals surface area contributed by atoms with E-state index in [1.165, 1.54) is 7.11 Å². The van der Waals surface area contributed by atoms with Crippen molar-refractivity contribution in [1.82, 2.24) is 4.90 Å². The zero-order valence-corrected chi connectivity index (χ0v) is 12.4. The molecule has 110 valence electrons. The topological polar surface area (TPSA) is 75.8 Å². The van der Waals surface area contributed by atoms with Crippen LogP contribution in [0.1, 0.15) is 18.9 Å². The minimum absolute atomic E-state index is 0.0876. The molecule has 1 atom stereocenters. The summed E-state index contributed by atoms with van der Waals surface area (Å²) in [5.41, 5.74) is 5.61. The van der Waals surface area contributed by atoms with Crippen LogP contribution in [0.2, 0.25) is 5.02 Å². The van der Waals surface area contributed by atoms with Gasteiger partial charge in [-0.05, 0) is 26.0 Å². The Bertz CT molecular complexity index is 535. The fourth-order valence-electron chi connectivity index (χ4n) is 2.54. The molecule has 20 heavy (non-hydrogen) atoms. The smallest absolute Gasteiger partial charge is 0.224 e. The van der Waals surface area contributed by atoms with Crippen molar-refractivity contribution >= 4 is 17.5 Å². The zero-order chi connectivity index (χ0) is 14.9. The Balaban J connectivity index is 2.16. The summed E-state index contributed by atoms with van der Waals surface area (Å²) in [5.74, 6) is 0.154. The Morgan fingerprint density at radius 2 is 2.30 bits per heavy atom. The van der Waals surface area contributed by atoms with Crippen LogP contribution < -0.4 is 10.5 Å². The van der Waals surface area contributed by atoms with Crippen LogP contribution in [0.4, 0.5) is 0 Å². The molecule has 1 aromatic rings. The number of primary amides is 1. The van der Waals surface area contributed by atoms with Crippen molar-refractivity contribution in [3.63, 3.8) is 0 Å². The first-order chi connectivity index (χ1) is 9.35. The Kier molecular flexibility index (Phi) is 4.11. The van der Waals surface area contributed by atoms with Gasteiger partial charge in [-0.2, -0.15) is 0 Å². The number of carbonyl (C=O) groups is 1. The van der Waals surface area contributed by atoms with Gasteiger partial charge in [0, 0.05) is 29.7 Å². The van der Waals surface area contributed by atoms with Gasteiger partial charge in [-0.1, -0.05) is 11.6 Å². The molecule has 0 saturated carbocycles. The monoisotopic (exact) mass is 298 g/mol. The molecule has 6 heteroatoms. The standard InChI is InChI=1S/C14H19ClN2O3/c1-14(13(16)19)3-4-17(8-14)7-9-5-10(15)6-11(20-2)12(9)18/h5-6,18H,3-4,7-8H2,1-2H3,(H2,16,19). The highest BCUT2D eigenvalue weighted by Crippen LogP contribution is 2.36. The molecule has 0 bridgehead atoms. The minimum atomic E-state index is -0.502. The van der Waals surface area contributed by atoms with Gasteiger partial charge < -0.3 is 15.6 Å². The molecule has 1 amide bonds. The van der Waals surface area contributed by atoms with Crippen LogP contribution in [0, 0.1) is 5.41 Å². The molecule has 3 N–H and O–H groups in total. The van der Waals surface area contributed by atoms with Crippen LogP contribution in [-0.2, 0) is 11.3 Å². The van der Waals surface area contributed by atoms with Crippen molar-refractivity contribution in [3.05, 3.63) is 22.7 Å². The average Bonchev–Trinajstić information content (AvgIpc) is 2.76. The number of nitrogens with two attached hydrogens (primary N) is 1. The zero-order valence-electron chi connectivity index (χ0n) is 11.6. The molecule has 1 aliphatic rings. The molecule has 0 radical (unpaired) electrons. The highest BCUT2D eigenvalue weighted by atomic mass is 35.5. The number of carbonyl (C=O) groups excluding carboxylic acids is 1. The van der Waals surface area contributed by atoms with Crippen molar-refractivity contribution in [2.24, 2.45) is 11.1 Å². The summed E-state index contributed by atoms with van der Waals surface area (Å²) < 4.78 is 5.08. The quantitative estimate of drug-likeness (QED) is 0.888. The summed E-state index contributed by atoms with van der Waals surface area (Å²) in [7, 11) is 1.48. The minimum Gasteiger partial charge on any atom is -0.504 e. The van der Waals surface area contributed by atoms with Gasteiger partial charge in [0.25, 0.3) is 0 Å². The summed E-state index contributed by atoms with van der Waals surface area (Å²) in [5, 5.41) is 10.6. The number of phenolic OH excluding ortho intramolecular Hbond substituents is 1. The third-order valence-electron chi connectivity index (χ3n) is 3.88. The summed E-state index contributed by atoms with van der Waals surface area (Å²) in [6.45, 7) is 3.71. The molecule has 0 aromatic heterocycles. The van der Waals surface area contributed by atoms with Crippen LogP contribution in [0.15, 0.2) is 12.1 Å². The number of rotatable bonds is 4. The third-order valence-corrected chi connectivity index (χ3v) is 4.10. The summed E-state index contributed by atoms with van der Waals surface area (Å²) in [6, 6.07) is 3.28. The lowest BCUT2D eigenvalue weighted by Gasteiger charge is -2.21. The fourth-order valence-corrected chi connectivity index (χ4v) is 2.77. The van der Waals surface area contributed by atoms with Gasteiger partial charge >= 0.3 is 0 Å². The normalized spacial score (nSPS) is 22.9. The number of halogens is 1. The van der Waals surface area contributed by atoms with E-state index in [4.69, 9.17) is 22.1 Å². The molecule has 2 rings (SSSR count). The van der Waals surface area contributed by atoms with E-state index in [-0.39, 0.29) is 11.7 Å².